The Kier molecular flexibility index (Phi) is 5.29. The van der Waals surface area contributed by atoms with Crippen LogP contribution >= 0.6 is 0 Å². The van der Waals surface area contributed by atoms with E-state index in [1.54, 1.807) is 0 Å². The smallest absolute Gasteiger partial charge is 0.311 e. The van der Waals surface area contributed by atoms with E-state index in [4.69, 9.17) is 4.74 Å². The van der Waals surface area contributed by atoms with Crippen molar-refractivity contribution in [3.63, 3.8) is 0 Å². The Labute approximate surface area is 124 Å². The van der Waals surface area contributed by atoms with E-state index in [1.807, 2.05) is 6.92 Å². The molecule has 1 aliphatic carbocycles. The Hall–Kier alpha value is -0.570. The van der Waals surface area contributed by atoms with E-state index < -0.39 is 11.5 Å². The number of carbonyl (C=O) groups excluding carboxylic acids is 1. The second-order valence-corrected chi connectivity index (χ2v) is 8.06. The molecule has 0 aromatic rings. The summed E-state index contributed by atoms with van der Waals surface area (Å²) in [6.07, 6.45) is 4.00. The van der Waals surface area contributed by atoms with Crippen molar-refractivity contribution < 1.29 is 14.6 Å². The predicted octanol–water partition coefficient (Wildman–Crippen LogP) is 3.93. The molecule has 1 saturated carbocycles. The predicted molar refractivity (Wildman–Crippen MR) is 81.4 cm³/mol. The van der Waals surface area contributed by atoms with Gasteiger partial charge in [-0.15, -0.1) is 0 Å². The molecule has 1 rings (SSSR count). The van der Waals surface area contributed by atoms with Crippen LogP contribution < -0.4 is 0 Å². The van der Waals surface area contributed by atoms with Crippen LogP contribution in [0.25, 0.3) is 0 Å². The quantitative estimate of drug-likeness (QED) is 0.778. The van der Waals surface area contributed by atoms with Gasteiger partial charge in [0.15, 0.2) is 0 Å². The summed E-state index contributed by atoms with van der Waals surface area (Å²) in [5, 5.41) is 11.2. The minimum Gasteiger partial charge on any atom is -0.466 e. The lowest BCUT2D eigenvalue weighted by Crippen LogP contribution is -2.53. The van der Waals surface area contributed by atoms with E-state index in [1.165, 1.54) is 0 Å². The normalized spacial score (nSPS) is 24.9. The van der Waals surface area contributed by atoms with Crippen molar-refractivity contribution >= 4 is 5.97 Å². The standard InChI is InChI=1S/C17H32O3/c1-7-9-13(14(18)20-8-2)17(19)11-15(3,4)10-16(5,6)12-17/h13,19H,7-12H2,1-6H3. The van der Waals surface area contributed by atoms with E-state index >= 15 is 0 Å². The van der Waals surface area contributed by atoms with E-state index in [2.05, 4.69) is 34.6 Å². The van der Waals surface area contributed by atoms with Crippen LogP contribution in [0.4, 0.5) is 0 Å². The third-order valence-electron chi connectivity index (χ3n) is 4.32. The fraction of sp³-hybridized carbons (Fsp3) is 0.941. The molecule has 0 heterocycles. The first-order valence-electron chi connectivity index (χ1n) is 7.94. The zero-order chi connectivity index (χ0) is 15.6. The average Bonchev–Trinajstić information content (AvgIpc) is 2.20. The first-order chi connectivity index (χ1) is 9.05. The molecule has 0 saturated heterocycles. The monoisotopic (exact) mass is 284 g/mol. The van der Waals surface area contributed by atoms with Gasteiger partial charge in [-0.3, -0.25) is 4.79 Å². The van der Waals surface area contributed by atoms with Gasteiger partial charge < -0.3 is 9.84 Å². The molecule has 1 unspecified atom stereocenters. The highest BCUT2D eigenvalue weighted by molar-refractivity contribution is 5.74. The van der Waals surface area contributed by atoms with Crippen molar-refractivity contribution in [1.82, 2.24) is 0 Å². The van der Waals surface area contributed by atoms with Crippen molar-refractivity contribution in [2.45, 2.75) is 79.2 Å². The zero-order valence-corrected chi connectivity index (χ0v) is 14.1. The SMILES string of the molecule is CCCC(C(=O)OCC)C1(O)CC(C)(C)CC(C)(C)C1. The summed E-state index contributed by atoms with van der Waals surface area (Å²) in [6, 6.07) is 0. The third kappa shape index (κ3) is 4.21. The van der Waals surface area contributed by atoms with Crippen LogP contribution in [0, 0.1) is 16.7 Å². The van der Waals surface area contributed by atoms with E-state index in [9.17, 15) is 9.90 Å². The van der Waals surface area contributed by atoms with Gasteiger partial charge in [0.2, 0.25) is 0 Å². The number of esters is 1. The molecule has 1 aliphatic rings. The summed E-state index contributed by atoms with van der Waals surface area (Å²) in [6.45, 7) is 13.0. The van der Waals surface area contributed by atoms with Crippen molar-refractivity contribution in [3.8, 4) is 0 Å². The van der Waals surface area contributed by atoms with Crippen molar-refractivity contribution in [2.75, 3.05) is 6.61 Å². The van der Waals surface area contributed by atoms with Crippen LogP contribution in [-0.4, -0.2) is 23.3 Å². The van der Waals surface area contributed by atoms with Gasteiger partial charge in [0.1, 0.15) is 0 Å². The molecule has 1 atom stereocenters. The number of hydrogen-bond donors (Lipinski definition) is 1. The van der Waals surface area contributed by atoms with Crippen LogP contribution in [0.15, 0.2) is 0 Å². The molecule has 1 fully saturated rings. The molecule has 118 valence electrons. The number of aliphatic hydroxyl groups is 1. The third-order valence-corrected chi connectivity index (χ3v) is 4.32. The lowest BCUT2D eigenvalue weighted by Gasteiger charge is -2.51. The number of ether oxygens (including phenoxy) is 1. The maximum absolute atomic E-state index is 12.3. The van der Waals surface area contributed by atoms with Crippen LogP contribution in [-0.2, 0) is 9.53 Å². The van der Waals surface area contributed by atoms with Gasteiger partial charge in [-0.2, -0.15) is 0 Å². The minimum absolute atomic E-state index is 0.0506. The van der Waals surface area contributed by atoms with Crippen molar-refractivity contribution in [2.24, 2.45) is 16.7 Å². The van der Waals surface area contributed by atoms with Gasteiger partial charge in [-0.1, -0.05) is 41.0 Å². The molecule has 0 radical (unpaired) electrons. The molecular formula is C17H32O3. The number of rotatable bonds is 5. The van der Waals surface area contributed by atoms with E-state index in [-0.39, 0.29) is 16.8 Å². The summed E-state index contributed by atoms with van der Waals surface area (Å²) in [5.41, 5.74) is -0.836. The first kappa shape index (κ1) is 17.5. The Morgan fingerprint density at radius 2 is 1.60 bits per heavy atom. The fourth-order valence-electron chi connectivity index (χ4n) is 4.52. The maximum atomic E-state index is 12.3. The lowest BCUT2D eigenvalue weighted by atomic mass is 9.56. The van der Waals surface area contributed by atoms with Gasteiger partial charge in [0.25, 0.3) is 0 Å². The van der Waals surface area contributed by atoms with Gasteiger partial charge in [-0.05, 0) is 43.4 Å². The molecule has 0 spiro atoms. The van der Waals surface area contributed by atoms with Crippen LogP contribution in [0.1, 0.15) is 73.6 Å². The molecule has 0 aromatic carbocycles. The molecule has 0 amide bonds. The summed E-state index contributed by atoms with van der Waals surface area (Å²) >= 11 is 0. The summed E-state index contributed by atoms with van der Waals surface area (Å²) in [5.74, 6) is -0.628. The topological polar surface area (TPSA) is 46.5 Å². The molecule has 3 heteroatoms. The average molecular weight is 284 g/mol. The van der Waals surface area contributed by atoms with E-state index in [0.29, 0.717) is 25.9 Å². The minimum atomic E-state index is -0.937. The highest BCUT2D eigenvalue weighted by atomic mass is 16.5. The van der Waals surface area contributed by atoms with E-state index in [0.717, 1.165) is 12.8 Å². The van der Waals surface area contributed by atoms with Crippen LogP contribution in [0.3, 0.4) is 0 Å². The molecule has 0 aliphatic heterocycles. The fourth-order valence-corrected chi connectivity index (χ4v) is 4.52. The Morgan fingerprint density at radius 1 is 1.10 bits per heavy atom. The summed E-state index contributed by atoms with van der Waals surface area (Å²) in [7, 11) is 0. The molecule has 0 aromatic heterocycles. The second kappa shape index (κ2) is 6.05. The molecular weight excluding hydrogens is 252 g/mol. The van der Waals surface area contributed by atoms with Crippen molar-refractivity contribution in [3.05, 3.63) is 0 Å². The van der Waals surface area contributed by atoms with Crippen LogP contribution in [0.2, 0.25) is 0 Å². The second-order valence-electron chi connectivity index (χ2n) is 8.06. The van der Waals surface area contributed by atoms with Crippen molar-refractivity contribution in [1.29, 1.82) is 0 Å². The zero-order valence-electron chi connectivity index (χ0n) is 14.1. The van der Waals surface area contributed by atoms with Crippen LogP contribution in [0.5, 0.6) is 0 Å². The highest BCUT2D eigenvalue weighted by Gasteiger charge is 2.52. The number of carbonyl (C=O) groups is 1. The molecule has 3 nitrogen and oxygen atoms in total. The molecule has 1 N–H and O–H groups in total. The Bertz CT molecular complexity index is 328. The molecule has 0 bridgehead atoms. The van der Waals surface area contributed by atoms with Gasteiger partial charge in [-0.25, -0.2) is 0 Å². The Morgan fingerprint density at radius 3 is 2.00 bits per heavy atom. The van der Waals surface area contributed by atoms with Gasteiger partial charge >= 0.3 is 5.97 Å². The number of hydrogen-bond acceptors (Lipinski definition) is 3. The van der Waals surface area contributed by atoms with Gasteiger partial charge in [0, 0.05) is 0 Å². The summed E-state index contributed by atoms with van der Waals surface area (Å²) < 4.78 is 5.21. The lowest BCUT2D eigenvalue weighted by molar-refractivity contribution is -0.172. The van der Waals surface area contributed by atoms with Gasteiger partial charge in [0.05, 0.1) is 18.1 Å². The first-order valence-corrected chi connectivity index (χ1v) is 7.94. The molecule has 20 heavy (non-hydrogen) atoms. The highest BCUT2D eigenvalue weighted by Crippen LogP contribution is 2.53. The summed E-state index contributed by atoms with van der Waals surface area (Å²) in [4.78, 5) is 12.3. The Balaban J connectivity index is 3.05. The largest absolute Gasteiger partial charge is 0.466 e. The maximum Gasteiger partial charge on any atom is 0.311 e.